The molecule has 10 nitrogen and oxygen atoms in total. The van der Waals surface area contributed by atoms with Gasteiger partial charge in [-0.05, 0) is 43.5 Å². The second-order valence-electron chi connectivity index (χ2n) is 7.91. The predicted molar refractivity (Wildman–Crippen MR) is 114 cm³/mol. The Labute approximate surface area is 192 Å². The van der Waals surface area contributed by atoms with Crippen LogP contribution in [0.4, 0.5) is 23.7 Å². The summed E-state index contributed by atoms with van der Waals surface area (Å²) < 4.78 is 43.8. The van der Waals surface area contributed by atoms with Crippen molar-refractivity contribution in [3.05, 3.63) is 48.4 Å². The number of hydrogen-bond acceptors (Lipinski definition) is 6. The van der Waals surface area contributed by atoms with E-state index in [1.165, 1.54) is 18.5 Å². The molecule has 1 aliphatic rings. The number of halogens is 3. The Bertz CT molecular complexity index is 1160. The average Bonchev–Trinajstić information content (AvgIpc) is 3.48. The van der Waals surface area contributed by atoms with E-state index < -0.39 is 12.1 Å². The number of likely N-dealkylation sites (tertiary alicyclic amines) is 1. The molecule has 34 heavy (non-hydrogen) atoms. The van der Waals surface area contributed by atoms with Crippen LogP contribution in [0, 0.1) is 0 Å². The van der Waals surface area contributed by atoms with Gasteiger partial charge in [-0.25, -0.2) is 9.78 Å². The van der Waals surface area contributed by atoms with E-state index in [9.17, 15) is 22.8 Å². The highest BCUT2D eigenvalue weighted by molar-refractivity contribution is 5.92. The Morgan fingerprint density at radius 1 is 1.21 bits per heavy atom. The minimum atomic E-state index is -4.72. The van der Waals surface area contributed by atoms with Gasteiger partial charge in [-0.15, -0.1) is 0 Å². The maximum absolute atomic E-state index is 12.9. The summed E-state index contributed by atoms with van der Waals surface area (Å²) in [5.74, 6) is -1.94. The maximum atomic E-state index is 12.9. The summed E-state index contributed by atoms with van der Waals surface area (Å²) in [6.45, 7) is 0.832. The van der Waals surface area contributed by atoms with Crippen LogP contribution in [0.5, 0.6) is 0 Å². The predicted octanol–water partition coefficient (Wildman–Crippen LogP) is 3.31. The van der Waals surface area contributed by atoms with E-state index in [-0.39, 0.29) is 23.8 Å². The van der Waals surface area contributed by atoms with Gasteiger partial charge in [0.2, 0.25) is 5.82 Å². The molecule has 0 radical (unpaired) electrons. The third kappa shape index (κ3) is 5.35. The topological polar surface area (TPSA) is 118 Å². The van der Waals surface area contributed by atoms with E-state index in [4.69, 9.17) is 0 Å². The van der Waals surface area contributed by atoms with Crippen molar-refractivity contribution in [3.63, 3.8) is 0 Å². The van der Waals surface area contributed by atoms with Crippen LogP contribution < -0.4 is 10.6 Å². The number of benzene rings is 1. The van der Waals surface area contributed by atoms with Crippen LogP contribution in [0.25, 0.3) is 11.4 Å². The molecule has 3 heterocycles. The fraction of sp³-hybridized carbons (Fsp3) is 0.381. The van der Waals surface area contributed by atoms with Crippen molar-refractivity contribution in [2.45, 2.75) is 31.5 Å². The van der Waals surface area contributed by atoms with Gasteiger partial charge in [0.15, 0.2) is 0 Å². The molecule has 1 atom stereocenters. The molecule has 1 aromatic carbocycles. The number of alkyl halides is 3. The van der Waals surface area contributed by atoms with E-state index in [0.717, 1.165) is 19.3 Å². The zero-order valence-corrected chi connectivity index (χ0v) is 18.2. The minimum Gasteiger partial charge on any atom is -0.349 e. The molecule has 0 saturated carbocycles. The zero-order chi connectivity index (χ0) is 24.3. The highest BCUT2D eigenvalue weighted by Gasteiger charge is 2.38. The van der Waals surface area contributed by atoms with Gasteiger partial charge in [-0.3, -0.25) is 4.79 Å². The summed E-state index contributed by atoms with van der Waals surface area (Å²) in [4.78, 5) is 34.2. The minimum absolute atomic E-state index is 0.180. The number of carbonyl (C=O) groups is 2. The molecule has 13 heteroatoms. The van der Waals surface area contributed by atoms with E-state index >= 15 is 0 Å². The van der Waals surface area contributed by atoms with Crippen LogP contribution in [-0.4, -0.2) is 55.7 Å². The second kappa shape index (κ2) is 9.53. The lowest BCUT2D eigenvalue weighted by atomic mass is 10.0. The van der Waals surface area contributed by atoms with Crippen molar-refractivity contribution in [2.75, 3.05) is 18.4 Å². The number of nitrogens with zero attached hydrogens (tertiary/aromatic N) is 5. The number of rotatable bonds is 5. The molecule has 180 valence electrons. The average molecular weight is 477 g/mol. The zero-order valence-electron chi connectivity index (χ0n) is 18.2. The number of carbonyl (C=O) groups excluding carboxylic acids is 2. The first-order valence-electron chi connectivity index (χ1n) is 10.6. The molecule has 0 aliphatic carbocycles. The van der Waals surface area contributed by atoms with Gasteiger partial charge in [-0.2, -0.15) is 18.2 Å². The van der Waals surface area contributed by atoms with Crippen LogP contribution in [0.15, 0.2) is 41.3 Å². The van der Waals surface area contributed by atoms with Crippen LogP contribution in [-0.2, 0) is 13.2 Å². The van der Waals surface area contributed by atoms with Crippen molar-refractivity contribution >= 4 is 17.6 Å². The number of urea groups is 1. The molecule has 2 N–H and O–H groups in total. The summed E-state index contributed by atoms with van der Waals surface area (Å²) in [7, 11) is 1.77. The molecule has 1 aliphatic heterocycles. The number of amides is 3. The van der Waals surface area contributed by atoms with Crippen molar-refractivity contribution < 1.29 is 27.3 Å². The van der Waals surface area contributed by atoms with Crippen LogP contribution in [0.2, 0.25) is 0 Å². The Kier molecular flexibility index (Phi) is 6.52. The number of aryl methyl sites for hydroxylation is 1. The molecular weight excluding hydrogens is 455 g/mol. The molecule has 1 unspecified atom stereocenters. The Balaban J connectivity index is 1.36. The molecule has 1 fully saturated rings. The van der Waals surface area contributed by atoms with Gasteiger partial charge in [0.1, 0.15) is 5.69 Å². The van der Waals surface area contributed by atoms with Crippen molar-refractivity contribution in [1.29, 1.82) is 0 Å². The standard InChI is InChI=1S/C21H22F3N7O3/c1-30-11-16(26-12-30)18(32)25-10-15-4-2-3-9-31(15)20(33)27-14-7-5-13(6-8-14)17-28-19(34-29-17)21(22,23)24/h5-8,11-12,15H,2-4,9-10H2,1H3,(H,25,32)(H,27,33). The Hall–Kier alpha value is -3.90. The number of hydrogen-bond donors (Lipinski definition) is 2. The molecular formula is C21H22F3N7O3. The lowest BCUT2D eigenvalue weighted by Crippen LogP contribution is -2.50. The fourth-order valence-corrected chi connectivity index (χ4v) is 3.67. The largest absolute Gasteiger partial charge is 0.471 e. The van der Waals surface area contributed by atoms with E-state index in [0.29, 0.717) is 30.0 Å². The van der Waals surface area contributed by atoms with Gasteiger partial charge in [-0.1, -0.05) is 5.16 Å². The third-order valence-corrected chi connectivity index (χ3v) is 5.39. The van der Waals surface area contributed by atoms with Gasteiger partial charge in [0.25, 0.3) is 5.91 Å². The number of imidazole rings is 1. The first kappa shape index (κ1) is 23.3. The van der Waals surface area contributed by atoms with Gasteiger partial charge in [0.05, 0.1) is 12.4 Å². The molecule has 0 spiro atoms. The molecule has 3 aromatic rings. The van der Waals surface area contributed by atoms with Crippen molar-refractivity contribution in [3.8, 4) is 11.4 Å². The first-order chi connectivity index (χ1) is 16.2. The van der Waals surface area contributed by atoms with Crippen LogP contribution >= 0.6 is 0 Å². The summed E-state index contributed by atoms with van der Waals surface area (Å²) in [6.07, 6.45) is 0.955. The summed E-state index contributed by atoms with van der Waals surface area (Å²) in [6, 6.07) is 5.55. The van der Waals surface area contributed by atoms with Gasteiger partial charge < -0.3 is 24.6 Å². The van der Waals surface area contributed by atoms with E-state index in [1.54, 1.807) is 34.8 Å². The molecule has 1 saturated heterocycles. The highest BCUT2D eigenvalue weighted by atomic mass is 19.4. The quantitative estimate of drug-likeness (QED) is 0.582. The van der Waals surface area contributed by atoms with Gasteiger partial charge in [0, 0.05) is 37.6 Å². The third-order valence-electron chi connectivity index (χ3n) is 5.39. The smallest absolute Gasteiger partial charge is 0.349 e. The molecule has 4 rings (SSSR count). The lowest BCUT2D eigenvalue weighted by molar-refractivity contribution is -0.159. The van der Waals surface area contributed by atoms with E-state index in [1.807, 2.05) is 0 Å². The molecule has 0 bridgehead atoms. The molecule has 3 amide bonds. The van der Waals surface area contributed by atoms with Crippen molar-refractivity contribution in [1.82, 2.24) is 29.9 Å². The number of aromatic nitrogens is 4. The number of anilines is 1. The number of nitrogens with one attached hydrogen (secondary N) is 2. The highest BCUT2D eigenvalue weighted by Crippen LogP contribution is 2.29. The summed E-state index contributed by atoms with van der Waals surface area (Å²) in [5, 5.41) is 8.96. The number of piperidine rings is 1. The van der Waals surface area contributed by atoms with Crippen LogP contribution in [0.3, 0.4) is 0 Å². The lowest BCUT2D eigenvalue weighted by Gasteiger charge is -2.35. The summed E-state index contributed by atoms with van der Waals surface area (Å²) in [5.41, 5.74) is 1.07. The van der Waals surface area contributed by atoms with E-state index in [2.05, 4.69) is 30.3 Å². The monoisotopic (exact) mass is 477 g/mol. The van der Waals surface area contributed by atoms with Gasteiger partial charge >= 0.3 is 18.1 Å². The fourth-order valence-electron chi connectivity index (χ4n) is 3.67. The molecule has 2 aromatic heterocycles. The van der Waals surface area contributed by atoms with Crippen molar-refractivity contribution in [2.24, 2.45) is 7.05 Å². The maximum Gasteiger partial charge on any atom is 0.471 e. The normalized spacial score (nSPS) is 16.4. The van der Waals surface area contributed by atoms with Crippen LogP contribution in [0.1, 0.15) is 35.6 Å². The summed E-state index contributed by atoms with van der Waals surface area (Å²) >= 11 is 0. The second-order valence-corrected chi connectivity index (χ2v) is 7.91. The Morgan fingerprint density at radius 3 is 2.62 bits per heavy atom. The Morgan fingerprint density at radius 2 is 1.97 bits per heavy atom. The first-order valence-corrected chi connectivity index (χ1v) is 10.6. The SMILES string of the molecule is Cn1cnc(C(=O)NCC2CCCCN2C(=O)Nc2ccc(-c3noc(C(F)(F)F)n3)cc2)c1.